The van der Waals surface area contributed by atoms with Gasteiger partial charge in [0.05, 0.1) is 10.8 Å². The average Bonchev–Trinajstić information content (AvgIpc) is 2.70. The summed E-state index contributed by atoms with van der Waals surface area (Å²) < 4.78 is 0. The van der Waals surface area contributed by atoms with E-state index in [0.717, 1.165) is 5.56 Å². The monoisotopic (exact) mass is 264 g/mol. The van der Waals surface area contributed by atoms with Crippen LogP contribution in [0.2, 0.25) is 0 Å². The molecule has 1 aromatic rings. The molecule has 0 saturated carbocycles. The number of carbonyl (C=O) groups is 1. The molecule has 1 N–H and O–H groups in total. The first-order valence-corrected chi connectivity index (χ1v) is 6.16. The summed E-state index contributed by atoms with van der Waals surface area (Å²) in [6, 6.07) is 4.68. The van der Waals surface area contributed by atoms with Gasteiger partial charge >= 0.3 is 5.97 Å². The molecule has 0 aliphatic carbocycles. The normalized spacial score (nSPS) is 22.5. The zero-order chi connectivity index (χ0) is 14.2. The van der Waals surface area contributed by atoms with Crippen LogP contribution in [0.1, 0.15) is 18.9 Å². The van der Waals surface area contributed by atoms with Gasteiger partial charge in [-0.15, -0.1) is 0 Å². The van der Waals surface area contributed by atoms with Gasteiger partial charge in [-0.05, 0) is 31.9 Å². The first-order valence-electron chi connectivity index (χ1n) is 6.16. The number of aliphatic carboxylic acids is 1. The second-order valence-electron chi connectivity index (χ2n) is 4.92. The van der Waals surface area contributed by atoms with Crippen LogP contribution in [0.4, 0.5) is 11.4 Å². The maximum Gasteiger partial charge on any atom is 0.308 e. The lowest BCUT2D eigenvalue weighted by molar-refractivity contribution is -0.384. The smallest absolute Gasteiger partial charge is 0.308 e. The van der Waals surface area contributed by atoms with Gasteiger partial charge in [-0.1, -0.05) is 6.07 Å². The standard InChI is InChI=1S/C13H16N2O4/c1-8-3-4-11(15(18)19)12(7-8)14-6-5-10(9(14)2)13(16)17/h3-4,7,9-10H,5-6H2,1-2H3,(H,16,17). The van der Waals surface area contributed by atoms with Crippen LogP contribution in [0.25, 0.3) is 0 Å². The van der Waals surface area contributed by atoms with Crippen molar-refractivity contribution in [2.75, 3.05) is 11.4 Å². The van der Waals surface area contributed by atoms with E-state index >= 15 is 0 Å². The van der Waals surface area contributed by atoms with E-state index in [1.54, 1.807) is 19.1 Å². The second-order valence-corrected chi connectivity index (χ2v) is 4.92. The summed E-state index contributed by atoms with van der Waals surface area (Å²) in [5.74, 6) is -1.31. The number of anilines is 1. The Morgan fingerprint density at radius 1 is 1.53 bits per heavy atom. The fourth-order valence-corrected chi connectivity index (χ4v) is 2.63. The minimum absolute atomic E-state index is 0.0310. The van der Waals surface area contributed by atoms with Gasteiger partial charge in [-0.2, -0.15) is 0 Å². The summed E-state index contributed by atoms with van der Waals surface area (Å²) in [6.07, 6.45) is 0.515. The molecule has 0 aromatic heterocycles. The molecule has 2 atom stereocenters. The lowest BCUT2D eigenvalue weighted by atomic mass is 10.0. The number of hydrogen-bond acceptors (Lipinski definition) is 4. The lowest BCUT2D eigenvalue weighted by Crippen LogP contribution is -2.33. The van der Waals surface area contributed by atoms with Gasteiger partial charge in [0, 0.05) is 18.7 Å². The Kier molecular flexibility index (Phi) is 3.42. The molecular formula is C13H16N2O4. The summed E-state index contributed by atoms with van der Waals surface area (Å²) in [5, 5.41) is 20.2. The Morgan fingerprint density at radius 2 is 2.21 bits per heavy atom. The molecule has 1 fully saturated rings. The molecule has 2 unspecified atom stereocenters. The van der Waals surface area contributed by atoms with Gasteiger partial charge in [-0.25, -0.2) is 0 Å². The quantitative estimate of drug-likeness (QED) is 0.668. The summed E-state index contributed by atoms with van der Waals surface area (Å²) in [4.78, 5) is 23.6. The van der Waals surface area contributed by atoms with Crippen molar-refractivity contribution in [3.63, 3.8) is 0 Å². The third-order valence-corrected chi connectivity index (χ3v) is 3.71. The molecule has 0 amide bonds. The van der Waals surface area contributed by atoms with Gasteiger partial charge in [-0.3, -0.25) is 14.9 Å². The van der Waals surface area contributed by atoms with Crippen molar-refractivity contribution in [3.8, 4) is 0 Å². The van der Waals surface area contributed by atoms with E-state index in [0.29, 0.717) is 18.7 Å². The predicted octanol–water partition coefficient (Wildman–Crippen LogP) is 2.20. The van der Waals surface area contributed by atoms with Crippen molar-refractivity contribution >= 4 is 17.3 Å². The number of carboxylic acids is 1. The largest absolute Gasteiger partial charge is 0.481 e. The van der Waals surface area contributed by atoms with Gasteiger partial charge in [0.2, 0.25) is 0 Å². The molecule has 1 heterocycles. The van der Waals surface area contributed by atoms with Crippen molar-refractivity contribution in [2.45, 2.75) is 26.3 Å². The minimum Gasteiger partial charge on any atom is -0.481 e. The Balaban J connectivity index is 2.40. The van der Waals surface area contributed by atoms with Crippen LogP contribution in [-0.2, 0) is 4.79 Å². The lowest BCUT2D eigenvalue weighted by Gasteiger charge is -2.25. The first kappa shape index (κ1) is 13.3. The van der Waals surface area contributed by atoms with Crippen LogP contribution < -0.4 is 4.90 Å². The number of nitro benzene ring substituents is 1. The van der Waals surface area contributed by atoms with E-state index in [1.165, 1.54) is 6.07 Å². The van der Waals surface area contributed by atoms with Gasteiger partial charge in [0.25, 0.3) is 5.69 Å². The fraction of sp³-hybridized carbons (Fsp3) is 0.462. The first-order chi connectivity index (χ1) is 8.91. The topological polar surface area (TPSA) is 83.7 Å². The highest BCUT2D eigenvalue weighted by molar-refractivity contribution is 5.74. The van der Waals surface area contributed by atoms with Crippen molar-refractivity contribution in [2.24, 2.45) is 5.92 Å². The molecule has 0 bridgehead atoms. The predicted molar refractivity (Wildman–Crippen MR) is 70.4 cm³/mol. The molecule has 1 aliphatic heterocycles. The summed E-state index contributed by atoms with van der Waals surface area (Å²) >= 11 is 0. The van der Waals surface area contributed by atoms with E-state index in [9.17, 15) is 14.9 Å². The number of rotatable bonds is 3. The van der Waals surface area contributed by atoms with Gasteiger partial charge in [0.15, 0.2) is 0 Å². The number of nitro groups is 1. The zero-order valence-corrected chi connectivity index (χ0v) is 10.9. The second kappa shape index (κ2) is 4.87. The summed E-state index contributed by atoms with van der Waals surface area (Å²) in [6.45, 7) is 4.20. The molecule has 6 heteroatoms. The van der Waals surface area contributed by atoms with Crippen molar-refractivity contribution in [1.82, 2.24) is 0 Å². The van der Waals surface area contributed by atoms with E-state index in [1.807, 2.05) is 11.8 Å². The van der Waals surface area contributed by atoms with Crippen molar-refractivity contribution in [1.29, 1.82) is 0 Å². The molecule has 6 nitrogen and oxygen atoms in total. The van der Waals surface area contributed by atoms with Crippen LogP contribution in [0.15, 0.2) is 18.2 Å². The molecule has 0 radical (unpaired) electrons. The summed E-state index contributed by atoms with van der Waals surface area (Å²) in [7, 11) is 0. The van der Waals surface area contributed by atoms with Crippen LogP contribution in [0.3, 0.4) is 0 Å². The maximum atomic E-state index is 11.1. The van der Waals surface area contributed by atoms with Crippen LogP contribution in [0.5, 0.6) is 0 Å². The molecule has 102 valence electrons. The SMILES string of the molecule is Cc1ccc([N+](=O)[O-])c(N2CCC(C(=O)O)C2C)c1. The molecule has 1 aliphatic rings. The maximum absolute atomic E-state index is 11.1. The number of hydrogen-bond donors (Lipinski definition) is 1. The highest BCUT2D eigenvalue weighted by Gasteiger charge is 2.37. The van der Waals surface area contributed by atoms with Crippen LogP contribution >= 0.6 is 0 Å². The summed E-state index contributed by atoms with van der Waals surface area (Å²) in [5.41, 5.74) is 1.47. The number of benzene rings is 1. The molecule has 1 saturated heterocycles. The Bertz CT molecular complexity index is 529. The Hall–Kier alpha value is -2.11. The molecule has 19 heavy (non-hydrogen) atoms. The fourth-order valence-electron chi connectivity index (χ4n) is 2.63. The molecular weight excluding hydrogens is 248 g/mol. The average molecular weight is 264 g/mol. The Morgan fingerprint density at radius 3 is 2.74 bits per heavy atom. The molecule has 2 rings (SSSR count). The third-order valence-electron chi connectivity index (χ3n) is 3.71. The van der Waals surface area contributed by atoms with Gasteiger partial charge in [0.1, 0.15) is 5.69 Å². The molecule has 1 aromatic carbocycles. The number of aryl methyl sites for hydroxylation is 1. The number of nitrogens with zero attached hydrogens (tertiary/aromatic N) is 2. The highest BCUT2D eigenvalue weighted by Crippen LogP contribution is 2.36. The number of carboxylic acid groups (broad SMARTS) is 1. The van der Waals surface area contributed by atoms with Crippen molar-refractivity contribution < 1.29 is 14.8 Å². The van der Waals surface area contributed by atoms with Crippen LogP contribution in [-0.4, -0.2) is 28.6 Å². The zero-order valence-electron chi connectivity index (χ0n) is 10.9. The third kappa shape index (κ3) is 2.38. The minimum atomic E-state index is -0.842. The van der Waals surface area contributed by atoms with E-state index in [-0.39, 0.29) is 11.7 Å². The van der Waals surface area contributed by atoms with E-state index in [2.05, 4.69) is 0 Å². The Labute approximate surface area is 110 Å². The molecule has 0 spiro atoms. The van der Waals surface area contributed by atoms with E-state index in [4.69, 9.17) is 5.11 Å². The van der Waals surface area contributed by atoms with Crippen molar-refractivity contribution in [3.05, 3.63) is 33.9 Å². The van der Waals surface area contributed by atoms with Gasteiger partial charge < -0.3 is 10.0 Å². The van der Waals surface area contributed by atoms with Crippen LogP contribution in [0, 0.1) is 23.0 Å². The highest BCUT2D eigenvalue weighted by atomic mass is 16.6. The van der Waals surface area contributed by atoms with E-state index < -0.39 is 16.8 Å².